The van der Waals surface area contributed by atoms with E-state index in [1.165, 1.54) is 5.56 Å². The van der Waals surface area contributed by atoms with Gasteiger partial charge in [0.25, 0.3) is 0 Å². The van der Waals surface area contributed by atoms with Gasteiger partial charge in [0.1, 0.15) is 0 Å². The van der Waals surface area contributed by atoms with Gasteiger partial charge in [-0.2, -0.15) is 10.2 Å². The fourth-order valence-corrected chi connectivity index (χ4v) is 1.49. The van der Waals surface area contributed by atoms with Gasteiger partial charge in [-0.3, -0.25) is 9.36 Å². The minimum atomic E-state index is 0.751. The van der Waals surface area contributed by atoms with Gasteiger partial charge in [0.05, 0.1) is 17.6 Å². The Morgan fingerprint density at radius 3 is 2.73 bits per heavy atom. The van der Waals surface area contributed by atoms with Crippen molar-refractivity contribution in [3.63, 3.8) is 0 Å². The third kappa shape index (κ3) is 2.18. The van der Waals surface area contributed by atoms with Gasteiger partial charge in [-0.05, 0) is 18.9 Å². The second kappa shape index (κ2) is 3.76. The Morgan fingerprint density at radius 1 is 1.40 bits per heavy atom. The van der Waals surface area contributed by atoms with Gasteiger partial charge in [0, 0.05) is 26.0 Å². The van der Waals surface area contributed by atoms with Crippen molar-refractivity contribution in [3.05, 3.63) is 29.8 Å². The molecule has 5 heteroatoms. The molecule has 2 aromatic heterocycles. The molecule has 0 unspecified atom stereocenters. The van der Waals surface area contributed by atoms with Crippen molar-refractivity contribution in [2.24, 2.45) is 7.05 Å². The van der Waals surface area contributed by atoms with E-state index in [4.69, 9.17) is 5.73 Å². The van der Waals surface area contributed by atoms with Gasteiger partial charge in [0.15, 0.2) is 0 Å². The molecule has 0 aliphatic rings. The topological polar surface area (TPSA) is 61.7 Å². The monoisotopic (exact) mass is 205 g/mol. The van der Waals surface area contributed by atoms with E-state index in [0.717, 1.165) is 24.3 Å². The van der Waals surface area contributed by atoms with E-state index in [-0.39, 0.29) is 0 Å². The molecule has 2 heterocycles. The zero-order valence-corrected chi connectivity index (χ0v) is 9.01. The third-order valence-electron chi connectivity index (χ3n) is 2.37. The third-order valence-corrected chi connectivity index (χ3v) is 2.37. The van der Waals surface area contributed by atoms with Crippen LogP contribution in [-0.2, 0) is 20.0 Å². The van der Waals surface area contributed by atoms with Crippen LogP contribution in [0.2, 0.25) is 0 Å². The fourth-order valence-electron chi connectivity index (χ4n) is 1.49. The van der Waals surface area contributed by atoms with Crippen LogP contribution in [0, 0.1) is 6.92 Å². The van der Waals surface area contributed by atoms with Crippen LogP contribution in [0.15, 0.2) is 18.6 Å². The van der Waals surface area contributed by atoms with E-state index in [2.05, 4.69) is 10.2 Å². The highest BCUT2D eigenvalue weighted by Crippen LogP contribution is 2.07. The van der Waals surface area contributed by atoms with E-state index in [1.54, 1.807) is 4.68 Å². The molecule has 2 rings (SSSR count). The van der Waals surface area contributed by atoms with E-state index >= 15 is 0 Å². The number of aromatic nitrogens is 4. The van der Waals surface area contributed by atoms with Crippen LogP contribution >= 0.6 is 0 Å². The lowest BCUT2D eigenvalue weighted by Gasteiger charge is -1.98. The molecule has 0 fully saturated rings. The van der Waals surface area contributed by atoms with Gasteiger partial charge in [-0.15, -0.1) is 0 Å². The lowest BCUT2D eigenvalue weighted by molar-refractivity contribution is 0.610. The first-order valence-electron chi connectivity index (χ1n) is 4.92. The number of nitrogen functional groups attached to an aromatic ring is 1. The molecule has 0 spiro atoms. The predicted octanol–water partition coefficient (Wildman–Crippen LogP) is 0.750. The predicted molar refractivity (Wildman–Crippen MR) is 58.3 cm³/mol. The Bertz CT molecular complexity index is 435. The summed E-state index contributed by atoms with van der Waals surface area (Å²) >= 11 is 0. The quantitative estimate of drug-likeness (QED) is 0.804. The number of nitrogens with two attached hydrogens (primary N) is 1. The number of hydrogen-bond donors (Lipinski definition) is 1. The highest BCUT2D eigenvalue weighted by molar-refractivity contribution is 5.39. The number of rotatable bonds is 3. The first-order valence-corrected chi connectivity index (χ1v) is 4.92. The molecular formula is C10H15N5. The van der Waals surface area contributed by atoms with Crippen molar-refractivity contribution in [2.45, 2.75) is 19.9 Å². The summed E-state index contributed by atoms with van der Waals surface area (Å²) in [6.07, 6.45) is 6.68. The molecule has 0 aliphatic carbocycles. The van der Waals surface area contributed by atoms with Gasteiger partial charge >= 0.3 is 0 Å². The van der Waals surface area contributed by atoms with Gasteiger partial charge in [-0.1, -0.05) is 0 Å². The highest BCUT2D eigenvalue weighted by atomic mass is 15.3. The largest absolute Gasteiger partial charge is 0.396 e. The standard InChI is InChI=1S/C10H15N5/c1-8-10(11)7-15(13-8)4-3-9-5-12-14(2)6-9/h5-7H,3-4,11H2,1-2H3. The van der Waals surface area contributed by atoms with Crippen LogP contribution in [0.1, 0.15) is 11.3 Å². The van der Waals surface area contributed by atoms with E-state index in [9.17, 15) is 0 Å². The lowest BCUT2D eigenvalue weighted by atomic mass is 10.2. The summed E-state index contributed by atoms with van der Waals surface area (Å²) in [5, 5.41) is 8.41. The molecule has 0 saturated heterocycles. The maximum Gasteiger partial charge on any atom is 0.0822 e. The zero-order valence-electron chi connectivity index (χ0n) is 9.01. The Kier molecular flexibility index (Phi) is 2.45. The second-order valence-corrected chi connectivity index (χ2v) is 3.71. The number of anilines is 1. The zero-order chi connectivity index (χ0) is 10.8. The molecule has 2 N–H and O–H groups in total. The normalized spacial score (nSPS) is 10.8. The minimum absolute atomic E-state index is 0.751. The maximum atomic E-state index is 5.71. The Labute approximate surface area is 88.5 Å². The summed E-state index contributed by atoms with van der Waals surface area (Å²) in [4.78, 5) is 0. The van der Waals surface area contributed by atoms with Crippen molar-refractivity contribution < 1.29 is 0 Å². The highest BCUT2D eigenvalue weighted by Gasteiger charge is 2.01. The summed E-state index contributed by atoms with van der Waals surface area (Å²) in [7, 11) is 1.92. The number of nitrogens with zero attached hydrogens (tertiary/aromatic N) is 4. The van der Waals surface area contributed by atoms with Crippen LogP contribution in [-0.4, -0.2) is 19.6 Å². The van der Waals surface area contributed by atoms with E-state index in [1.807, 2.05) is 37.2 Å². The molecule has 0 bridgehead atoms. The first kappa shape index (κ1) is 9.76. The molecule has 0 saturated carbocycles. The number of aryl methyl sites for hydroxylation is 4. The lowest BCUT2D eigenvalue weighted by Crippen LogP contribution is -2.01. The molecule has 80 valence electrons. The summed E-state index contributed by atoms with van der Waals surface area (Å²) in [6.45, 7) is 2.75. The SMILES string of the molecule is Cc1nn(CCc2cnn(C)c2)cc1N. The van der Waals surface area contributed by atoms with Crippen molar-refractivity contribution in [1.29, 1.82) is 0 Å². The van der Waals surface area contributed by atoms with Crippen molar-refractivity contribution >= 4 is 5.69 Å². The van der Waals surface area contributed by atoms with E-state index in [0.29, 0.717) is 0 Å². The summed E-state index contributed by atoms with van der Waals surface area (Å²) in [5.74, 6) is 0. The Morgan fingerprint density at radius 2 is 2.20 bits per heavy atom. The van der Waals surface area contributed by atoms with Gasteiger partial charge < -0.3 is 5.73 Å². The molecular weight excluding hydrogens is 190 g/mol. The maximum absolute atomic E-state index is 5.71. The summed E-state index contributed by atoms with van der Waals surface area (Å²) < 4.78 is 3.68. The molecule has 15 heavy (non-hydrogen) atoms. The molecule has 0 atom stereocenters. The fraction of sp³-hybridized carbons (Fsp3) is 0.400. The second-order valence-electron chi connectivity index (χ2n) is 3.71. The van der Waals surface area contributed by atoms with Crippen LogP contribution in [0.5, 0.6) is 0 Å². The molecule has 0 aromatic carbocycles. The molecule has 0 aliphatic heterocycles. The molecule has 5 nitrogen and oxygen atoms in total. The van der Waals surface area contributed by atoms with E-state index < -0.39 is 0 Å². The Hall–Kier alpha value is -1.78. The molecule has 0 radical (unpaired) electrons. The smallest absolute Gasteiger partial charge is 0.0822 e. The van der Waals surface area contributed by atoms with Crippen LogP contribution in [0.3, 0.4) is 0 Å². The molecule has 0 amide bonds. The average molecular weight is 205 g/mol. The minimum Gasteiger partial charge on any atom is -0.396 e. The van der Waals surface area contributed by atoms with Gasteiger partial charge in [-0.25, -0.2) is 0 Å². The van der Waals surface area contributed by atoms with Crippen LogP contribution in [0.25, 0.3) is 0 Å². The first-order chi connectivity index (χ1) is 7.15. The average Bonchev–Trinajstić information content (AvgIpc) is 2.72. The summed E-state index contributed by atoms with van der Waals surface area (Å²) in [6, 6.07) is 0. The van der Waals surface area contributed by atoms with Crippen molar-refractivity contribution in [2.75, 3.05) is 5.73 Å². The van der Waals surface area contributed by atoms with Crippen molar-refractivity contribution in [3.8, 4) is 0 Å². The summed E-state index contributed by atoms with van der Waals surface area (Å²) in [5.41, 5.74) is 8.57. The van der Waals surface area contributed by atoms with Crippen LogP contribution < -0.4 is 5.73 Å². The Balaban J connectivity index is 1.99. The number of hydrogen-bond acceptors (Lipinski definition) is 3. The van der Waals surface area contributed by atoms with Crippen LogP contribution in [0.4, 0.5) is 5.69 Å². The molecule has 2 aromatic rings. The van der Waals surface area contributed by atoms with Crippen molar-refractivity contribution in [1.82, 2.24) is 19.6 Å². The van der Waals surface area contributed by atoms with Gasteiger partial charge in [0.2, 0.25) is 0 Å².